The first-order valence-corrected chi connectivity index (χ1v) is 7.53. The normalized spacial score (nSPS) is 28.2. The molecule has 0 saturated carbocycles. The molecule has 0 aliphatic carbocycles. The van der Waals surface area contributed by atoms with Gasteiger partial charge < -0.3 is 15.5 Å². The zero-order chi connectivity index (χ0) is 13.0. The largest absolute Gasteiger partial charge is 0.315 e. The fraction of sp³-hybridized carbons (Fsp3) is 1.00. The van der Waals surface area contributed by atoms with Crippen molar-refractivity contribution in [3.8, 4) is 0 Å². The van der Waals surface area contributed by atoms with Gasteiger partial charge in [-0.3, -0.25) is 4.90 Å². The van der Waals surface area contributed by atoms with Crippen molar-refractivity contribution in [2.45, 2.75) is 31.8 Å². The van der Waals surface area contributed by atoms with E-state index < -0.39 is 0 Å². The molecule has 0 aromatic heterocycles. The van der Waals surface area contributed by atoms with Crippen molar-refractivity contribution in [3.63, 3.8) is 0 Å². The Morgan fingerprint density at radius 2 is 1.72 bits per heavy atom. The van der Waals surface area contributed by atoms with Gasteiger partial charge in [-0.15, -0.1) is 0 Å². The number of hydrogen-bond acceptors (Lipinski definition) is 4. The van der Waals surface area contributed by atoms with E-state index in [4.69, 9.17) is 0 Å². The predicted octanol–water partition coefficient (Wildman–Crippen LogP) is 0.210. The maximum atomic E-state index is 3.60. The molecule has 2 rings (SSSR count). The highest BCUT2D eigenvalue weighted by Gasteiger charge is 2.31. The summed E-state index contributed by atoms with van der Waals surface area (Å²) in [5.41, 5.74) is 0. The monoisotopic (exact) mass is 254 g/mol. The van der Waals surface area contributed by atoms with Crippen molar-refractivity contribution in [2.24, 2.45) is 5.92 Å². The third-order valence-corrected chi connectivity index (χ3v) is 4.85. The fourth-order valence-electron chi connectivity index (χ4n) is 3.57. The van der Waals surface area contributed by atoms with Crippen LogP contribution in [-0.2, 0) is 0 Å². The van der Waals surface area contributed by atoms with Gasteiger partial charge in [0.05, 0.1) is 0 Å². The Bertz CT molecular complexity index is 232. The van der Waals surface area contributed by atoms with Gasteiger partial charge in [0.2, 0.25) is 0 Å². The average molecular weight is 254 g/mol. The average Bonchev–Trinajstić information content (AvgIpc) is 2.42. The number of piperazine rings is 1. The fourth-order valence-corrected chi connectivity index (χ4v) is 3.57. The Morgan fingerprint density at radius 3 is 2.28 bits per heavy atom. The molecule has 0 aromatic carbocycles. The van der Waals surface area contributed by atoms with Crippen LogP contribution in [0.4, 0.5) is 0 Å². The minimum atomic E-state index is 0.650. The molecule has 106 valence electrons. The van der Waals surface area contributed by atoms with E-state index in [2.05, 4.69) is 41.5 Å². The Labute approximate surface area is 112 Å². The van der Waals surface area contributed by atoms with Crippen LogP contribution >= 0.6 is 0 Å². The molecule has 0 amide bonds. The van der Waals surface area contributed by atoms with E-state index in [9.17, 15) is 0 Å². The van der Waals surface area contributed by atoms with Crippen molar-refractivity contribution in [1.82, 2.24) is 20.4 Å². The highest BCUT2D eigenvalue weighted by atomic mass is 15.2. The molecule has 4 heteroatoms. The third-order valence-electron chi connectivity index (χ3n) is 4.85. The van der Waals surface area contributed by atoms with Crippen LogP contribution in [0.2, 0.25) is 0 Å². The highest BCUT2D eigenvalue weighted by Crippen LogP contribution is 2.23. The van der Waals surface area contributed by atoms with Crippen molar-refractivity contribution < 1.29 is 0 Å². The Kier molecular flexibility index (Phi) is 5.42. The number of rotatable bonds is 4. The summed E-state index contributed by atoms with van der Waals surface area (Å²) in [5, 5.41) is 7.05. The van der Waals surface area contributed by atoms with Crippen LogP contribution < -0.4 is 10.6 Å². The SMILES string of the molecule is CNC(C1CCN(C)CC1)C(C)N1CCNCC1. The van der Waals surface area contributed by atoms with Gasteiger partial charge in [-0.1, -0.05) is 0 Å². The highest BCUT2D eigenvalue weighted by molar-refractivity contribution is 4.89. The van der Waals surface area contributed by atoms with E-state index >= 15 is 0 Å². The summed E-state index contributed by atoms with van der Waals surface area (Å²) in [4.78, 5) is 5.11. The second-order valence-corrected chi connectivity index (χ2v) is 5.98. The second-order valence-electron chi connectivity index (χ2n) is 5.98. The third kappa shape index (κ3) is 3.44. The summed E-state index contributed by atoms with van der Waals surface area (Å²) in [6.45, 7) is 9.62. The number of likely N-dealkylation sites (tertiary alicyclic amines) is 1. The summed E-state index contributed by atoms with van der Waals surface area (Å²) >= 11 is 0. The van der Waals surface area contributed by atoms with Crippen LogP contribution in [0, 0.1) is 5.92 Å². The molecule has 0 bridgehead atoms. The van der Waals surface area contributed by atoms with Crippen molar-refractivity contribution in [2.75, 3.05) is 53.4 Å². The Morgan fingerprint density at radius 1 is 1.11 bits per heavy atom. The summed E-state index contributed by atoms with van der Waals surface area (Å²) in [5.74, 6) is 0.844. The topological polar surface area (TPSA) is 30.5 Å². The van der Waals surface area contributed by atoms with Gasteiger partial charge in [-0.2, -0.15) is 0 Å². The number of likely N-dealkylation sites (N-methyl/N-ethyl adjacent to an activating group) is 1. The van der Waals surface area contributed by atoms with Gasteiger partial charge in [-0.05, 0) is 52.9 Å². The number of hydrogen-bond donors (Lipinski definition) is 2. The zero-order valence-corrected chi connectivity index (χ0v) is 12.3. The van der Waals surface area contributed by atoms with Crippen LogP contribution in [0.5, 0.6) is 0 Å². The van der Waals surface area contributed by atoms with Crippen molar-refractivity contribution in [1.29, 1.82) is 0 Å². The molecule has 2 atom stereocenters. The molecule has 2 aliphatic heterocycles. The smallest absolute Gasteiger partial charge is 0.0246 e. The molecule has 2 aliphatic rings. The first kappa shape index (κ1) is 14.3. The number of piperidine rings is 1. The quantitative estimate of drug-likeness (QED) is 0.751. The van der Waals surface area contributed by atoms with Crippen LogP contribution in [0.3, 0.4) is 0 Å². The van der Waals surface area contributed by atoms with E-state index in [0.29, 0.717) is 12.1 Å². The van der Waals surface area contributed by atoms with E-state index in [-0.39, 0.29) is 0 Å². The summed E-state index contributed by atoms with van der Waals surface area (Å²) in [6.07, 6.45) is 2.69. The van der Waals surface area contributed by atoms with Gasteiger partial charge in [0.1, 0.15) is 0 Å². The number of nitrogens with one attached hydrogen (secondary N) is 2. The first-order chi connectivity index (χ1) is 8.72. The lowest BCUT2D eigenvalue weighted by atomic mass is 9.85. The zero-order valence-electron chi connectivity index (χ0n) is 12.3. The maximum Gasteiger partial charge on any atom is 0.0246 e. The van der Waals surface area contributed by atoms with Crippen LogP contribution in [-0.4, -0.2) is 75.2 Å². The van der Waals surface area contributed by atoms with E-state index in [1.165, 1.54) is 39.0 Å². The maximum absolute atomic E-state index is 3.60. The summed E-state index contributed by atoms with van der Waals surface area (Å²) in [6, 6.07) is 1.31. The molecule has 0 radical (unpaired) electrons. The van der Waals surface area contributed by atoms with Crippen LogP contribution in [0.15, 0.2) is 0 Å². The molecule has 2 unspecified atom stereocenters. The minimum Gasteiger partial charge on any atom is -0.315 e. The van der Waals surface area contributed by atoms with Gasteiger partial charge in [-0.25, -0.2) is 0 Å². The van der Waals surface area contributed by atoms with Gasteiger partial charge in [0, 0.05) is 38.3 Å². The minimum absolute atomic E-state index is 0.650. The lowest BCUT2D eigenvalue weighted by molar-refractivity contribution is 0.101. The van der Waals surface area contributed by atoms with Crippen LogP contribution in [0.25, 0.3) is 0 Å². The Balaban J connectivity index is 1.90. The van der Waals surface area contributed by atoms with Crippen LogP contribution in [0.1, 0.15) is 19.8 Å². The predicted molar refractivity (Wildman–Crippen MR) is 77.0 cm³/mol. The molecule has 2 saturated heterocycles. The standard InChI is InChI=1S/C14H30N4/c1-12(18-10-6-16-7-11-18)14(15-2)13-4-8-17(3)9-5-13/h12-16H,4-11H2,1-3H3. The summed E-state index contributed by atoms with van der Waals surface area (Å²) < 4.78 is 0. The molecule has 2 N–H and O–H groups in total. The van der Waals surface area contributed by atoms with E-state index in [1.807, 2.05) is 0 Å². The van der Waals surface area contributed by atoms with E-state index in [1.54, 1.807) is 0 Å². The van der Waals surface area contributed by atoms with Gasteiger partial charge >= 0.3 is 0 Å². The van der Waals surface area contributed by atoms with Crippen molar-refractivity contribution >= 4 is 0 Å². The summed E-state index contributed by atoms with van der Waals surface area (Å²) in [7, 11) is 4.38. The molecule has 18 heavy (non-hydrogen) atoms. The molecule has 0 spiro atoms. The molecule has 4 nitrogen and oxygen atoms in total. The molecule has 0 aromatic rings. The lowest BCUT2D eigenvalue weighted by Crippen LogP contribution is -2.57. The van der Waals surface area contributed by atoms with Gasteiger partial charge in [0.15, 0.2) is 0 Å². The van der Waals surface area contributed by atoms with Gasteiger partial charge in [0.25, 0.3) is 0 Å². The number of nitrogens with zero attached hydrogens (tertiary/aromatic N) is 2. The molecular weight excluding hydrogens is 224 g/mol. The molecular formula is C14H30N4. The molecule has 2 fully saturated rings. The van der Waals surface area contributed by atoms with Crippen molar-refractivity contribution in [3.05, 3.63) is 0 Å². The molecule has 2 heterocycles. The Hall–Kier alpha value is -0.160. The lowest BCUT2D eigenvalue weighted by Gasteiger charge is -2.42. The van der Waals surface area contributed by atoms with E-state index in [0.717, 1.165) is 19.0 Å². The second kappa shape index (κ2) is 6.85. The first-order valence-electron chi connectivity index (χ1n) is 7.53.